The Bertz CT molecular complexity index is 1280. The number of primary amides is 1. The molecule has 2 fully saturated rings. The molecule has 1 aromatic heterocycles. The first kappa shape index (κ1) is 31.0. The van der Waals surface area contributed by atoms with E-state index in [1.807, 2.05) is 0 Å². The zero-order chi connectivity index (χ0) is 30.6. The number of hydrogen-bond acceptors (Lipinski definition) is 8. The van der Waals surface area contributed by atoms with Crippen LogP contribution in [0.15, 0.2) is 30.5 Å². The molecule has 0 radical (unpaired) electrons. The summed E-state index contributed by atoms with van der Waals surface area (Å²) < 4.78 is 41.5. The third-order valence-electron chi connectivity index (χ3n) is 8.00. The van der Waals surface area contributed by atoms with E-state index in [0.717, 1.165) is 25.9 Å². The van der Waals surface area contributed by atoms with E-state index in [2.05, 4.69) is 37.9 Å². The summed E-state index contributed by atoms with van der Waals surface area (Å²) in [5, 5.41) is 8.21. The molecule has 2 heterocycles. The molecule has 2 aliphatic rings. The van der Waals surface area contributed by atoms with Crippen LogP contribution in [-0.4, -0.2) is 82.8 Å². The topological polar surface area (TPSA) is 146 Å². The van der Waals surface area contributed by atoms with Gasteiger partial charge in [0.1, 0.15) is 17.4 Å². The zero-order valence-corrected chi connectivity index (χ0v) is 23.9. The number of anilines is 3. The highest BCUT2D eigenvalue weighted by atomic mass is 19.4. The number of nitrogens with one attached hydrogen (secondary N) is 3. The molecule has 14 heteroatoms. The molecule has 1 saturated heterocycles. The number of nitrogens with zero attached hydrogens (tertiary/aromatic N) is 4. The lowest BCUT2D eigenvalue weighted by molar-refractivity contribution is -0.137. The number of aromatic nitrogens is 2. The van der Waals surface area contributed by atoms with Gasteiger partial charge in [-0.1, -0.05) is 6.42 Å². The molecule has 3 atom stereocenters. The summed E-state index contributed by atoms with van der Waals surface area (Å²) in [5.74, 6) is -2.49. The van der Waals surface area contributed by atoms with Crippen molar-refractivity contribution in [3.63, 3.8) is 0 Å². The Kier molecular flexibility index (Phi) is 9.54. The predicted octanol–water partition coefficient (Wildman–Crippen LogP) is 2.98. The van der Waals surface area contributed by atoms with Gasteiger partial charge in [-0.3, -0.25) is 14.4 Å². The second kappa shape index (κ2) is 12.9. The van der Waals surface area contributed by atoms with Crippen LogP contribution in [0.1, 0.15) is 54.9 Å². The largest absolute Gasteiger partial charge is 0.421 e. The molecule has 0 bridgehead atoms. The third kappa shape index (κ3) is 7.46. The fraction of sp³-hybridized carbons (Fsp3) is 0.536. The fourth-order valence-corrected chi connectivity index (χ4v) is 5.35. The number of nitrogens with two attached hydrogens (primary N) is 1. The zero-order valence-electron chi connectivity index (χ0n) is 23.9. The quantitative estimate of drug-likeness (QED) is 0.349. The number of piperidine rings is 1. The maximum atomic E-state index is 13.8. The van der Waals surface area contributed by atoms with Crippen molar-refractivity contribution in [2.45, 2.75) is 63.3 Å². The lowest BCUT2D eigenvalue weighted by Crippen LogP contribution is -2.47. The van der Waals surface area contributed by atoms with Gasteiger partial charge >= 0.3 is 6.18 Å². The second-order valence-electron chi connectivity index (χ2n) is 11.0. The first-order chi connectivity index (χ1) is 19.8. The first-order valence-electron chi connectivity index (χ1n) is 14.0. The number of carbonyl (C=O) groups is 3. The van der Waals surface area contributed by atoms with Crippen LogP contribution in [0.4, 0.5) is 30.6 Å². The van der Waals surface area contributed by atoms with Crippen molar-refractivity contribution in [1.29, 1.82) is 0 Å². The van der Waals surface area contributed by atoms with E-state index in [-0.39, 0.29) is 17.9 Å². The van der Waals surface area contributed by atoms with Gasteiger partial charge < -0.3 is 31.5 Å². The lowest BCUT2D eigenvalue weighted by Gasteiger charge is -2.35. The SMILES string of the molecule is C[C@H](NC(=O)[C@H]1CCC[C@H]1Nc1nc(Nc2ccc(C(=O)N(C)C3CCN(C)CC3)cc2)ncc1C(F)(F)F)C(N)=O. The molecule has 0 spiro atoms. The predicted molar refractivity (Wildman–Crippen MR) is 151 cm³/mol. The molecule has 4 rings (SSSR count). The Morgan fingerprint density at radius 2 is 1.76 bits per heavy atom. The van der Waals surface area contributed by atoms with E-state index in [9.17, 15) is 27.6 Å². The number of alkyl halides is 3. The highest BCUT2D eigenvalue weighted by Crippen LogP contribution is 2.37. The van der Waals surface area contributed by atoms with Gasteiger partial charge in [-0.05, 0) is 77.0 Å². The average Bonchev–Trinajstić information content (AvgIpc) is 3.41. The Hall–Kier alpha value is -3.94. The normalized spacial score (nSPS) is 20.5. The minimum absolute atomic E-state index is 0.0885. The molecule has 0 unspecified atom stereocenters. The van der Waals surface area contributed by atoms with Crippen molar-refractivity contribution in [2.75, 3.05) is 37.8 Å². The van der Waals surface area contributed by atoms with Crippen LogP contribution in [0.3, 0.4) is 0 Å². The Balaban J connectivity index is 1.47. The molecule has 1 aliphatic carbocycles. The van der Waals surface area contributed by atoms with Crippen LogP contribution in [0.25, 0.3) is 0 Å². The number of rotatable bonds is 9. The molecule has 228 valence electrons. The summed E-state index contributed by atoms with van der Waals surface area (Å²) in [6, 6.07) is 5.19. The van der Waals surface area contributed by atoms with Crippen molar-refractivity contribution in [3.05, 3.63) is 41.6 Å². The lowest BCUT2D eigenvalue weighted by atomic mass is 10.0. The van der Waals surface area contributed by atoms with Crippen LogP contribution in [0.2, 0.25) is 0 Å². The van der Waals surface area contributed by atoms with Crippen LogP contribution < -0.4 is 21.7 Å². The second-order valence-corrected chi connectivity index (χ2v) is 11.0. The number of hydrogen-bond donors (Lipinski definition) is 4. The molecule has 1 aliphatic heterocycles. The van der Waals surface area contributed by atoms with Crippen LogP contribution in [-0.2, 0) is 15.8 Å². The van der Waals surface area contributed by atoms with Crippen molar-refractivity contribution in [2.24, 2.45) is 11.7 Å². The Morgan fingerprint density at radius 1 is 1.10 bits per heavy atom. The number of amides is 3. The van der Waals surface area contributed by atoms with Crippen molar-refractivity contribution in [3.8, 4) is 0 Å². The van der Waals surface area contributed by atoms with E-state index >= 15 is 0 Å². The van der Waals surface area contributed by atoms with E-state index in [0.29, 0.717) is 36.7 Å². The highest BCUT2D eigenvalue weighted by molar-refractivity contribution is 5.94. The van der Waals surface area contributed by atoms with Gasteiger partial charge in [-0.25, -0.2) is 4.98 Å². The van der Waals surface area contributed by atoms with Gasteiger partial charge in [0.25, 0.3) is 5.91 Å². The Labute approximate surface area is 242 Å². The number of halogens is 3. The van der Waals surface area contributed by atoms with Crippen LogP contribution in [0.5, 0.6) is 0 Å². The number of carbonyl (C=O) groups excluding carboxylic acids is 3. The summed E-state index contributed by atoms with van der Waals surface area (Å²) in [6.07, 6.45) is -0.766. The van der Waals surface area contributed by atoms with Gasteiger partial charge in [0.15, 0.2) is 0 Å². The van der Waals surface area contributed by atoms with E-state index < -0.39 is 47.4 Å². The molecule has 5 N–H and O–H groups in total. The maximum absolute atomic E-state index is 13.8. The summed E-state index contributed by atoms with van der Waals surface area (Å²) in [6.45, 7) is 3.30. The van der Waals surface area contributed by atoms with Crippen molar-refractivity contribution < 1.29 is 27.6 Å². The van der Waals surface area contributed by atoms with E-state index in [4.69, 9.17) is 5.73 Å². The molecular formula is C28H37F3N8O3. The van der Waals surface area contributed by atoms with E-state index in [1.165, 1.54) is 6.92 Å². The van der Waals surface area contributed by atoms with Gasteiger partial charge in [-0.2, -0.15) is 18.2 Å². The third-order valence-corrected chi connectivity index (χ3v) is 8.00. The van der Waals surface area contributed by atoms with Gasteiger partial charge in [-0.15, -0.1) is 0 Å². The number of benzene rings is 1. The minimum Gasteiger partial charge on any atom is -0.368 e. The first-order valence-corrected chi connectivity index (χ1v) is 14.0. The molecule has 11 nitrogen and oxygen atoms in total. The van der Waals surface area contributed by atoms with Crippen LogP contribution >= 0.6 is 0 Å². The molecule has 2 aromatic rings. The van der Waals surface area contributed by atoms with Crippen molar-refractivity contribution >= 4 is 35.2 Å². The van der Waals surface area contributed by atoms with Crippen LogP contribution in [0, 0.1) is 5.92 Å². The Morgan fingerprint density at radius 3 is 2.38 bits per heavy atom. The maximum Gasteiger partial charge on any atom is 0.421 e. The summed E-state index contributed by atoms with van der Waals surface area (Å²) >= 11 is 0. The fourth-order valence-electron chi connectivity index (χ4n) is 5.35. The summed E-state index contributed by atoms with van der Waals surface area (Å²) in [4.78, 5) is 49.0. The number of likely N-dealkylation sites (tertiary alicyclic amines) is 1. The molecule has 42 heavy (non-hydrogen) atoms. The van der Waals surface area contributed by atoms with Gasteiger partial charge in [0.05, 0.1) is 5.92 Å². The molecule has 1 saturated carbocycles. The van der Waals surface area contributed by atoms with Gasteiger partial charge in [0, 0.05) is 36.6 Å². The smallest absolute Gasteiger partial charge is 0.368 e. The molecule has 3 amide bonds. The minimum atomic E-state index is -4.74. The standard InChI is InChI=1S/C28H37F3N8O3/c1-16(23(32)40)34-25(41)20-5-4-6-22(20)36-24-21(28(29,30)31)15-33-27(37-24)35-18-9-7-17(8-10-18)26(42)39(3)19-11-13-38(2)14-12-19/h7-10,15-16,19-20,22H,4-6,11-14H2,1-3H3,(H2,32,40)(H,34,41)(H2,33,35,36,37)/t16-,20-,22+/m0/s1. The van der Waals surface area contributed by atoms with Crippen molar-refractivity contribution in [1.82, 2.24) is 25.1 Å². The van der Waals surface area contributed by atoms with Gasteiger partial charge in [0.2, 0.25) is 17.8 Å². The summed E-state index contributed by atoms with van der Waals surface area (Å²) in [7, 11) is 3.86. The van der Waals surface area contributed by atoms with E-state index in [1.54, 1.807) is 36.2 Å². The molecule has 1 aromatic carbocycles. The monoisotopic (exact) mass is 590 g/mol. The molecular weight excluding hydrogens is 553 g/mol. The average molecular weight is 591 g/mol. The highest BCUT2D eigenvalue weighted by Gasteiger charge is 2.39. The summed E-state index contributed by atoms with van der Waals surface area (Å²) in [5.41, 5.74) is 5.13.